The van der Waals surface area contributed by atoms with Gasteiger partial charge >= 0.3 is 5.97 Å². The molecule has 140 valence electrons. The standard InChI is InChI=1S/C21H20ClNO4/c1-3-9-26-18-10-15-17(23-12-16(20(15)22)21(24)25-2)11-19(18)27-13-14-7-5-4-6-8-14/h4-8,10-12H,3,9,13H2,1-2H3. The van der Waals surface area contributed by atoms with E-state index in [2.05, 4.69) is 4.98 Å². The lowest BCUT2D eigenvalue weighted by molar-refractivity contribution is 0.0600. The lowest BCUT2D eigenvalue weighted by Crippen LogP contribution is -2.04. The average Bonchev–Trinajstić information content (AvgIpc) is 2.71. The largest absolute Gasteiger partial charge is 0.490 e. The molecule has 1 heterocycles. The summed E-state index contributed by atoms with van der Waals surface area (Å²) in [4.78, 5) is 16.2. The molecule has 0 saturated carbocycles. The molecular formula is C21H20ClNO4. The van der Waals surface area contributed by atoms with Crippen LogP contribution >= 0.6 is 11.6 Å². The van der Waals surface area contributed by atoms with Crippen LogP contribution in [0.15, 0.2) is 48.7 Å². The normalized spacial score (nSPS) is 10.6. The van der Waals surface area contributed by atoms with Gasteiger partial charge in [-0.15, -0.1) is 0 Å². The summed E-state index contributed by atoms with van der Waals surface area (Å²) in [6, 6.07) is 13.4. The summed E-state index contributed by atoms with van der Waals surface area (Å²) in [7, 11) is 1.30. The van der Waals surface area contributed by atoms with Crippen molar-refractivity contribution in [3.8, 4) is 11.5 Å². The minimum atomic E-state index is -0.533. The van der Waals surface area contributed by atoms with Crippen molar-refractivity contribution in [2.45, 2.75) is 20.0 Å². The maximum absolute atomic E-state index is 11.9. The van der Waals surface area contributed by atoms with Crippen molar-refractivity contribution in [3.63, 3.8) is 0 Å². The van der Waals surface area contributed by atoms with Crippen LogP contribution in [0.5, 0.6) is 11.5 Å². The van der Waals surface area contributed by atoms with Crippen LogP contribution in [0.2, 0.25) is 5.02 Å². The highest BCUT2D eigenvalue weighted by Gasteiger charge is 2.17. The zero-order valence-corrected chi connectivity index (χ0v) is 16.0. The van der Waals surface area contributed by atoms with E-state index in [4.69, 9.17) is 25.8 Å². The van der Waals surface area contributed by atoms with Gasteiger partial charge in [-0.05, 0) is 18.1 Å². The van der Waals surface area contributed by atoms with E-state index in [1.54, 1.807) is 12.1 Å². The van der Waals surface area contributed by atoms with Gasteiger partial charge in [0.15, 0.2) is 11.5 Å². The van der Waals surface area contributed by atoms with Crippen LogP contribution in [-0.2, 0) is 11.3 Å². The summed E-state index contributed by atoms with van der Waals surface area (Å²) in [5.41, 5.74) is 1.87. The van der Waals surface area contributed by atoms with Crippen LogP contribution in [0.25, 0.3) is 10.9 Å². The van der Waals surface area contributed by atoms with E-state index in [9.17, 15) is 4.79 Å². The van der Waals surface area contributed by atoms with Crippen molar-refractivity contribution >= 4 is 28.5 Å². The number of halogens is 1. The summed E-state index contributed by atoms with van der Waals surface area (Å²) in [6.45, 7) is 2.97. The molecule has 0 amide bonds. The number of carbonyl (C=O) groups is 1. The third kappa shape index (κ3) is 4.31. The van der Waals surface area contributed by atoms with Gasteiger partial charge in [0, 0.05) is 17.6 Å². The number of benzene rings is 2. The number of esters is 1. The Morgan fingerprint density at radius 2 is 1.85 bits per heavy atom. The fraction of sp³-hybridized carbons (Fsp3) is 0.238. The van der Waals surface area contributed by atoms with Gasteiger partial charge in [-0.2, -0.15) is 0 Å². The van der Waals surface area contributed by atoms with E-state index in [-0.39, 0.29) is 10.6 Å². The molecule has 0 aliphatic heterocycles. The molecule has 0 unspecified atom stereocenters. The van der Waals surface area contributed by atoms with Crippen LogP contribution in [0.1, 0.15) is 29.3 Å². The highest BCUT2D eigenvalue weighted by molar-refractivity contribution is 6.38. The van der Waals surface area contributed by atoms with E-state index >= 15 is 0 Å². The van der Waals surface area contributed by atoms with Gasteiger partial charge in [0.05, 0.1) is 29.8 Å². The van der Waals surface area contributed by atoms with Crippen LogP contribution in [-0.4, -0.2) is 24.7 Å². The highest BCUT2D eigenvalue weighted by Crippen LogP contribution is 2.36. The molecule has 0 aliphatic carbocycles. The molecule has 2 aromatic carbocycles. The molecule has 3 rings (SSSR count). The number of methoxy groups -OCH3 is 1. The Labute approximate surface area is 162 Å². The lowest BCUT2D eigenvalue weighted by Gasteiger charge is -2.15. The van der Waals surface area contributed by atoms with Crippen molar-refractivity contribution in [1.29, 1.82) is 0 Å². The van der Waals surface area contributed by atoms with E-state index in [1.165, 1.54) is 13.3 Å². The first-order valence-electron chi connectivity index (χ1n) is 8.64. The molecular weight excluding hydrogens is 366 g/mol. The highest BCUT2D eigenvalue weighted by atomic mass is 35.5. The molecule has 6 heteroatoms. The number of rotatable bonds is 7. The number of nitrogens with zero attached hydrogens (tertiary/aromatic N) is 1. The molecule has 0 aliphatic rings. The maximum atomic E-state index is 11.9. The third-order valence-electron chi connectivity index (χ3n) is 3.97. The quantitative estimate of drug-likeness (QED) is 0.533. The van der Waals surface area contributed by atoms with Crippen LogP contribution in [0.4, 0.5) is 0 Å². The molecule has 0 spiro atoms. The maximum Gasteiger partial charge on any atom is 0.340 e. The smallest absolute Gasteiger partial charge is 0.340 e. The summed E-state index contributed by atoms with van der Waals surface area (Å²) < 4.78 is 16.6. The zero-order chi connectivity index (χ0) is 19.2. The summed E-state index contributed by atoms with van der Waals surface area (Å²) in [5.74, 6) is 0.606. The topological polar surface area (TPSA) is 57.7 Å². The second kappa shape index (κ2) is 8.73. The fourth-order valence-electron chi connectivity index (χ4n) is 2.59. The predicted octanol–water partition coefficient (Wildman–Crippen LogP) is 5.04. The Kier molecular flexibility index (Phi) is 6.14. The monoisotopic (exact) mass is 385 g/mol. The molecule has 1 aromatic heterocycles. The fourth-order valence-corrected chi connectivity index (χ4v) is 2.87. The minimum absolute atomic E-state index is 0.214. The first-order chi connectivity index (χ1) is 13.1. The van der Waals surface area contributed by atoms with Gasteiger partial charge in [0.25, 0.3) is 0 Å². The van der Waals surface area contributed by atoms with Gasteiger partial charge in [0.2, 0.25) is 0 Å². The number of hydrogen-bond donors (Lipinski definition) is 0. The zero-order valence-electron chi connectivity index (χ0n) is 15.2. The van der Waals surface area contributed by atoms with Crippen LogP contribution in [0.3, 0.4) is 0 Å². The molecule has 0 saturated heterocycles. The summed E-state index contributed by atoms with van der Waals surface area (Å²) in [6.07, 6.45) is 2.26. The first kappa shape index (κ1) is 19.0. The third-order valence-corrected chi connectivity index (χ3v) is 4.38. The van der Waals surface area contributed by atoms with Crippen LogP contribution < -0.4 is 9.47 Å². The Hall–Kier alpha value is -2.79. The number of hydrogen-bond acceptors (Lipinski definition) is 5. The number of carbonyl (C=O) groups excluding carboxylic acids is 1. The Morgan fingerprint density at radius 3 is 2.56 bits per heavy atom. The second-order valence-electron chi connectivity index (χ2n) is 5.92. The van der Waals surface area contributed by atoms with Crippen molar-refractivity contribution in [3.05, 3.63) is 64.8 Å². The number of pyridine rings is 1. The average molecular weight is 386 g/mol. The first-order valence-corrected chi connectivity index (χ1v) is 9.02. The van der Waals surface area contributed by atoms with Crippen molar-refractivity contribution in [2.75, 3.05) is 13.7 Å². The molecule has 5 nitrogen and oxygen atoms in total. The van der Waals surface area contributed by atoms with Crippen molar-refractivity contribution in [1.82, 2.24) is 4.98 Å². The number of ether oxygens (including phenoxy) is 3. The Bertz CT molecular complexity index is 944. The molecule has 0 N–H and O–H groups in total. The van der Waals surface area contributed by atoms with Gasteiger partial charge in [-0.3, -0.25) is 4.98 Å². The summed E-state index contributed by atoms with van der Waals surface area (Å²) in [5, 5.41) is 0.889. The van der Waals surface area contributed by atoms with Crippen LogP contribution in [0, 0.1) is 0 Å². The van der Waals surface area contributed by atoms with Gasteiger partial charge in [-0.1, -0.05) is 48.9 Å². The number of aromatic nitrogens is 1. The number of fused-ring (bicyclic) bond motifs is 1. The van der Waals surface area contributed by atoms with E-state index in [0.29, 0.717) is 35.6 Å². The summed E-state index contributed by atoms with van der Waals surface area (Å²) >= 11 is 6.41. The molecule has 0 bridgehead atoms. The molecule has 3 aromatic rings. The molecule has 27 heavy (non-hydrogen) atoms. The molecule has 0 radical (unpaired) electrons. The van der Waals surface area contributed by atoms with Gasteiger partial charge in [-0.25, -0.2) is 4.79 Å². The second-order valence-corrected chi connectivity index (χ2v) is 6.29. The van der Waals surface area contributed by atoms with Crippen molar-refractivity contribution in [2.24, 2.45) is 0 Å². The van der Waals surface area contributed by atoms with Crippen molar-refractivity contribution < 1.29 is 19.0 Å². The molecule has 0 atom stereocenters. The molecule has 0 fully saturated rings. The SMILES string of the molecule is CCCOc1cc2c(Cl)c(C(=O)OC)cnc2cc1OCc1ccccc1. The Morgan fingerprint density at radius 1 is 1.11 bits per heavy atom. The minimum Gasteiger partial charge on any atom is -0.490 e. The lowest BCUT2D eigenvalue weighted by atomic mass is 10.1. The van der Waals surface area contributed by atoms with E-state index in [0.717, 1.165) is 12.0 Å². The van der Waals surface area contributed by atoms with Gasteiger partial charge in [0.1, 0.15) is 6.61 Å². The van der Waals surface area contributed by atoms with Gasteiger partial charge < -0.3 is 14.2 Å². The van der Waals surface area contributed by atoms with E-state index in [1.807, 2.05) is 37.3 Å². The van der Waals surface area contributed by atoms with E-state index < -0.39 is 5.97 Å². The predicted molar refractivity (Wildman–Crippen MR) is 105 cm³/mol. The Balaban J connectivity index is 1.99.